The summed E-state index contributed by atoms with van der Waals surface area (Å²) >= 11 is 0. The van der Waals surface area contributed by atoms with Crippen LogP contribution in [0.15, 0.2) is 194 Å². The molecule has 2 atom stereocenters. The number of hydrogen-bond donors (Lipinski definition) is 0. The maximum atomic E-state index is 5.44. The van der Waals surface area contributed by atoms with E-state index >= 15 is 0 Å². The summed E-state index contributed by atoms with van der Waals surface area (Å²) in [5.41, 5.74) is 16.9. The molecular weight excluding hydrogens is 693 g/mol. The summed E-state index contributed by atoms with van der Waals surface area (Å²) < 4.78 is 2.34. The zero-order valence-electron chi connectivity index (χ0n) is 30.9. The minimum Gasteiger partial charge on any atom is -0.309 e. The molecule has 0 saturated heterocycles. The molecule has 57 heavy (non-hydrogen) atoms. The van der Waals surface area contributed by atoms with E-state index in [1.807, 2.05) is 18.2 Å². The van der Waals surface area contributed by atoms with E-state index in [4.69, 9.17) is 15.0 Å². The van der Waals surface area contributed by atoms with Crippen LogP contribution >= 0.6 is 0 Å². The highest BCUT2D eigenvalue weighted by Crippen LogP contribution is 2.57. The molecule has 2 unspecified atom stereocenters. The van der Waals surface area contributed by atoms with Crippen LogP contribution in [0.1, 0.15) is 45.5 Å². The molecular formula is C53H34N4. The van der Waals surface area contributed by atoms with E-state index in [1.54, 1.807) is 0 Å². The van der Waals surface area contributed by atoms with Crippen LogP contribution in [-0.2, 0) is 0 Å². The SMILES string of the molecule is c1ccc(-c2nc(-c3ccc(-n4c5ccccc5c5ccccc54)cc3)nc(C3c4ccccc4-c4ccc5c(c43)C(c3ccccc3)c3ccccc3-5)n2)cc1. The minimum atomic E-state index is -0.187. The first-order valence-electron chi connectivity index (χ1n) is 19.6. The van der Waals surface area contributed by atoms with E-state index in [1.165, 1.54) is 71.9 Å². The van der Waals surface area contributed by atoms with Gasteiger partial charge in [0.15, 0.2) is 11.6 Å². The molecule has 266 valence electrons. The molecule has 0 N–H and O–H groups in total. The van der Waals surface area contributed by atoms with E-state index in [2.05, 4.69) is 180 Å². The van der Waals surface area contributed by atoms with Gasteiger partial charge in [-0.2, -0.15) is 0 Å². The van der Waals surface area contributed by atoms with E-state index in [-0.39, 0.29) is 11.8 Å². The highest BCUT2D eigenvalue weighted by Gasteiger charge is 2.41. The van der Waals surface area contributed by atoms with E-state index in [9.17, 15) is 0 Å². The lowest BCUT2D eigenvalue weighted by atomic mass is 9.82. The molecule has 2 aliphatic rings. The molecule has 0 saturated carbocycles. The van der Waals surface area contributed by atoms with Gasteiger partial charge in [0, 0.05) is 33.5 Å². The van der Waals surface area contributed by atoms with Crippen molar-refractivity contribution < 1.29 is 0 Å². The first-order valence-corrected chi connectivity index (χ1v) is 19.6. The van der Waals surface area contributed by atoms with Crippen LogP contribution in [-0.4, -0.2) is 19.5 Å². The Morgan fingerprint density at radius 2 is 0.825 bits per heavy atom. The first-order chi connectivity index (χ1) is 28.3. The van der Waals surface area contributed by atoms with E-state index in [0.717, 1.165) is 22.6 Å². The molecule has 0 fully saturated rings. The van der Waals surface area contributed by atoms with E-state index < -0.39 is 0 Å². The second kappa shape index (κ2) is 12.6. The maximum Gasteiger partial charge on any atom is 0.163 e. The second-order valence-electron chi connectivity index (χ2n) is 15.1. The molecule has 4 heteroatoms. The lowest BCUT2D eigenvalue weighted by molar-refractivity contribution is 0.839. The summed E-state index contributed by atoms with van der Waals surface area (Å²) in [5, 5.41) is 2.49. The Morgan fingerprint density at radius 3 is 1.44 bits per heavy atom. The van der Waals surface area contributed by atoms with Crippen molar-refractivity contribution in [1.29, 1.82) is 0 Å². The average molecular weight is 727 g/mol. The van der Waals surface area contributed by atoms with Crippen molar-refractivity contribution >= 4 is 21.8 Å². The van der Waals surface area contributed by atoms with Gasteiger partial charge in [0.1, 0.15) is 5.82 Å². The number of hydrogen-bond acceptors (Lipinski definition) is 3. The van der Waals surface area contributed by atoms with Gasteiger partial charge in [-0.05, 0) is 86.5 Å². The fourth-order valence-corrected chi connectivity index (χ4v) is 9.61. The van der Waals surface area contributed by atoms with Crippen molar-refractivity contribution in [2.24, 2.45) is 0 Å². The fourth-order valence-electron chi connectivity index (χ4n) is 9.61. The Balaban J connectivity index is 1.07. The van der Waals surface area contributed by atoms with Crippen molar-refractivity contribution in [3.8, 4) is 50.7 Å². The Labute approximate surface area is 330 Å². The lowest BCUT2D eigenvalue weighted by Crippen LogP contribution is -2.12. The van der Waals surface area contributed by atoms with Crippen LogP contribution in [0.3, 0.4) is 0 Å². The van der Waals surface area contributed by atoms with Crippen molar-refractivity contribution in [3.63, 3.8) is 0 Å². The summed E-state index contributed by atoms with van der Waals surface area (Å²) in [6.07, 6.45) is 0. The summed E-state index contributed by atoms with van der Waals surface area (Å²) in [5.74, 6) is 1.99. The molecule has 0 aliphatic heterocycles. The van der Waals surface area contributed by atoms with Gasteiger partial charge in [-0.3, -0.25) is 0 Å². The van der Waals surface area contributed by atoms with Gasteiger partial charge in [0.2, 0.25) is 0 Å². The Hall–Kier alpha value is -7.43. The fraction of sp³-hybridized carbons (Fsp3) is 0.0377. The second-order valence-corrected chi connectivity index (χ2v) is 15.1. The smallest absolute Gasteiger partial charge is 0.163 e. The third kappa shape index (κ3) is 4.84. The minimum absolute atomic E-state index is 0.0902. The number of rotatable bonds is 5. The number of nitrogens with zero attached hydrogens (tertiary/aromatic N) is 4. The normalized spacial score (nSPS) is 15.0. The zero-order valence-corrected chi connectivity index (χ0v) is 30.9. The molecule has 10 aromatic rings. The zero-order chi connectivity index (χ0) is 37.5. The Morgan fingerprint density at radius 1 is 0.351 bits per heavy atom. The summed E-state index contributed by atoms with van der Waals surface area (Å²) in [4.78, 5) is 16.0. The Bertz CT molecular complexity index is 3130. The predicted molar refractivity (Wildman–Crippen MR) is 231 cm³/mol. The lowest BCUT2D eigenvalue weighted by Gasteiger charge is -2.22. The van der Waals surface area contributed by atoms with Crippen LogP contribution in [0.25, 0.3) is 72.5 Å². The highest BCUT2D eigenvalue weighted by molar-refractivity contribution is 6.09. The van der Waals surface area contributed by atoms with Crippen molar-refractivity contribution in [2.75, 3.05) is 0 Å². The van der Waals surface area contributed by atoms with Crippen molar-refractivity contribution in [3.05, 3.63) is 228 Å². The first kappa shape index (κ1) is 31.9. The van der Waals surface area contributed by atoms with Gasteiger partial charge in [-0.1, -0.05) is 158 Å². The molecule has 12 rings (SSSR count). The Kier molecular flexibility index (Phi) is 7.02. The standard InChI is InChI=1S/C53H34N4/c1-3-15-33(16-4-1)47-41-23-9-7-19-37(41)43-31-32-44-38-20-8-10-24-42(38)50(49(44)48(43)47)53-55-51(34-17-5-2-6-18-34)54-52(56-53)35-27-29-36(30-28-35)57-45-25-13-11-21-39(45)40-22-12-14-26-46(40)57/h1-32,47,50H. The summed E-state index contributed by atoms with van der Waals surface area (Å²) in [6.45, 7) is 0. The largest absolute Gasteiger partial charge is 0.309 e. The van der Waals surface area contributed by atoms with Crippen LogP contribution < -0.4 is 0 Å². The number of aromatic nitrogens is 4. The molecule has 4 nitrogen and oxygen atoms in total. The monoisotopic (exact) mass is 726 g/mol. The molecule has 2 aliphatic carbocycles. The number of fused-ring (bicyclic) bond motifs is 10. The summed E-state index contributed by atoms with van der Waals surface area (Å²) in [7, 11) is 0. The van der Waals surface area contributed by atoms with Crippen molar-refractivity contribution in [1.82, 2.24) is 19.5 Å². The molecule has 8 aromatic carbocycles. The molecule has 2 aromatic heterocycles. The third-order valence-corrected chi connectivity index (χ3v) is 12.0. The van der Waals surface area contributed by atoms with Crippen LogP contribution in [0.2, 0.25) is 0 Å². The van der Waals surface area contributed by atoms with Crippen LogP contribution in [0.4, 0.5) is 0 Å². The number of benzene rings is 8. The molecule has 0 spiro atoms. The molecule has 0 amide bonds. The van der Waals surface area contributed by atoms with Gasteiger partial charge >= 0.3 is 0 Å². The van der Waals surface area contributed by atoms with Crippen molar-refractivity contribution in [2.45, 2.75) is 11.8 Å². The van der Waals surface area contributed by atoms with Crippen LogP contribution in [0, 0.1) is 0 Å². The number of para-hydroxylation sites is 2. The highest BCUT2D eigenvalue weighted by atomic mass is 15.0. The van der Waals surface area contributed by atoms with Gasteiger partial charge in [0.25, 0.3) is 0 Å². The third-order valence-electron chi connectivity index (χ3n) is 12.0. The topological polar surface area (TPSA) is 43.6 Å². The maximum absolute atomic E-state index is 5.44. The predicted octanol–water partition coefficient (Wildman–Crippen LogP) is 12.6. The van der Waals surface area contributed by atoms with Gasteiger partial charge in [-0.15, -0.1) is 0 Å². The summed E-state index contributed by atoms with van der Waals surface area (Å²) in [6, 6.07) is 69.6. The molecule has 0 radical (unpaired) electrons. The van der Waals surface area contributed by atoms with Gasteiger partial charge in [0.05, 0.1) is 17.0 Å². The average Bonchev–Trinajstić information content (AvgIpc) is 3.93. The van der Waals surface area contributed by atoms with Gasteiger partial charge < -0.3 is 4.57 Å². The van der Waals surface area contributed by atoms with Gasteiger partial charge in [-0.25, -0.2) is 15.0 Å². The molecule has 2 heterocycles. The van der Waals surface area contributed by atoms with Crippen LogP contribution in [0.5, 0.6) is 0 Å². The molecule has 0 bridgehead atoms. The quantitative estimate of drug-likeness (QED) is 0.177. The van der Waals surface area contributed by atoms with E-state index in [0.29, 0.717) is 11.6 Å².